The third-order valence-corrected chi connectivity index (χ3v) is 4.07. The number of nitrogens with zero attached hydrogens (tertiary/aromatic N) is 3. The molecule has 0 bridgehead atoms. The van der Waals surface area contributed by atoms with Crippen molar-refractivity contribution in [3.05, 3.63) is 62.6 Å². The first-order chi connectivity index (χ1) is 11.8. The van der Waals surface area contributed by atoms with Crippen molar-refractivity contribution in [1.82, 2.24) is 14.3 Å². The van der Waals surface area contributed by atoms with E-state index in [9.17, 15) is 18.7 Å². The molecule has 25 heavy (non-hydrogen) atoms. The predicted octanol–water partition coefficient (Wildman–Crippen LogP) is 4.01. The van der Waals surface area contributed by atoms with Gasteiger partial charge in [-0.1, -0.05) is 23.2 Å². The SMILES string of the molecule is CCn1c(-c2c(F)cc(O)cc2F)c(-n2cc(Cl)cn2)cc(Cl)c1=O. The first-order valence-corrected chi connectivity index (χ1v) is 7.91. The Labute approximate surface area is 150 Å². The van der Waals surface area contributed by atoms with Gasteiger partial charge in [0, 0.05) is 24.9 Å². The van der Waals surface area contributed by atoms with Crippen molar-refractivity contribution in [2.24, 2.45) is 0 Å². The molecule has 1 aromatic carbocycles. The van der Waals surface area contributed by atoms with Crippen molar-refractivity contribution >= 4 is 23.2 Å². The summed E-state index contributed by atoms with van der Waals surface area (Å²) in [4.78, 5) is 12.4. The normalized spacial score (nSPS) is 11.1. The molecule has 0 spiro atoms. The van der Waals surface area contributed by atoms with Gasteiger partial charge < -0.3 is 9.67 Å². The second-order valence-corrected chi connectivity index (χ2v) is 6.01. The highest BCUT2D eigenvalue weighted by Crippen LogP contribution is 2.34. The summed E-state index contributed by atoms with van der Waals surface area (Å²) in [7, 11) is 0. The van der Waals surface area contributed by atoms with Crippen LogP contribution in [0.25, 0.3) is 16.9 Å². The fourth-order valence-electron chi connectivity index (χ4n) is 2.58. The van der Waals surface area contributed by atoms with Gasteiger partial charge in [-0.05, 0) is 13.0 Å². The van der Waals surface area contributed by atoms with Gasteiger partial charge in [-0.15, -0.1) is 0 Å². The van der Waals surface area contributed by atoms with Gasteiger partial charge in [0.1, 0.15) is 22.4 Å². The molecule has 9 heteroatoms. The molecule has 130 valence electrons. The van der Waals surface area contributed by atoms with Crippen LogP contribution >= 0.6 is 23.2 Å². The molecule has 3 rings (SSSR count). The van der Waals surface area contributed by atoms with E-state index in [1.165, 1.54) is 23.1 Å². The van der Waals surface area contributed by atoms with Gasteiger partial charge in [0.05, 0.1) is 28.2 Å². The minimum atomic E-state index is -1.03. The van der Waals surface area contributed by atoms with Gasteiger partial charge in [0.25, 0.3) is 5.56 Å². The number of hydrogen-bond donors (Lipinski definition) is 1. The highest BCUT2D eigenvalue weighted by Gasteiger charge is 2.23. The lowest BCUT2D eigenvalue weighted by atomic mass is 10.1. The highest BCUT2D eigenvalue weighted by atomic mass is 35.5. The van der Waals surface area contributed by atoms with E-state index in [-0.39, 0.29) is 22.9 Å². The van der Waals surface area contributed by atoms with Crippen LogP contribution < -0.4 is 5.56 Å². The van der Waals surface area contributed by atoms with E-state index in [0.29, 0.717) is 5.02 Å². The van der Waals surface area contributed by atoms with Crippen molar-refractivity contribution in [2.75, 3.05) is 0 Å². The number of hydrogen-bond acceptors (Lipinski definition) is 3. The van der Waals surface area contributed by atoms with Crippen LogP contribution in [0.15, 0.2) is 35.4 Å². The van der Waals surface area contributed by atoms with E-state index >= 15 is 0 Å². The number of aromatic hydroxyl groups is 1. The van der Waals surface area contributed by atoms with Gasteiger partial charge in [-0.3, -0.25) is 4.79 Å². The van der Waals surface area contributed by atoms with Crippen LogP contribution in [0.4, 0.5) is 8.78 Å². The molecule has 1 N–H and O–H groups in total. The first kappa shape index (κ1) is 17.4. The van der Waals surface area contributed by atoms with Gasteiger partial charge in [-0.25, -0.2) is 13.5 Å². The maximum absolute atomic E-state index is 14.4. The summed E-state index contributed by atoms with van der Waals surface area (Å²) in [6.07, 6.45) is 2.75. The third kappa shape index (κ3) is 3.01. The first-order valence-electron chi connectivity index (χ1n) is 7.15. The summed E-state index contributed by atoms with van der Waals surface area (Å²) < 4.78 is 31.3. The molecule has 0 unspecified atom stereocenters. The minimum absolute atomic E-state index is 0.0633. The van der Waals surface area contributed by atoms with Crippen molar-refractivity contribution in [1.29, 1.82) is 0 Å². The Morgan fingerprint density at radius 2 is 1.84 bits per heavy atom. The third-order valence-electron chi connectivity index (χ3n) is 3.60. The van der Waals surface area contributed by atoms with Crippen molar-refractivity contribution < 1.29 is 13.9 Å². The van der Waals surface area contributed by atoms with E-state index < -0.39 is 28.5 Å². The molecular formula is C16H11Cl2F2N3O2. The topological polar surface area (TPSA) is 60.1 Å². The fraction of sp³-hybridized carbons (Fsp3) is 0.125. The van der Waals surface area contributed by atoms with Gasteiger partial charge >= 0.3 is 0 Å². The number of phenolic OH excluding ortho intramolecular Hbond substituents is 1. The van der Waals surface area contributed by atoms with Crippen LogP contribution in [-0.4, -0.2) is 19.5 Å². The van der Waals surface area contributed by atoms with Crippen molar-refractivity contribution in [3.63, 3.8) is 0 Å². The van der Waals surface area contributed by atoms with Crippen LogP contribution in [0.3, 0.4) is 0 Å². The number of halogens is 4. The number of rotatable bonds is 3. The average molecular weight is 386 g/mol. The smallest absolute Gasteiger partial charge is 0.269 e. The summed E-state index contributed by atoms with van der Waals surface area (Å²) in [6.45, 7) is 1.74. The van der Waals surface area contributed by atoms with Crippen LogP contribution in [0.5, 0.6) is 5.75 Å². The van der Waals surface area contributed by atoms with Crippen molar-refractivity contribution in [3.8, 4) is 22.7 Å². The zero-order valence-corrected chi connectivity index (χ0v) is 14.3. The summed E-state index contributed by atoms with van der Waals surface area (Å²) in [5, 5.41) is 13.5. The average Bonchev–Trinajstić information content (AvgIpc) is 2.96. The molecular weight excluding hydrogens is 375 g/mol. The summed E-state index contributed by atoms with van der Waals surface area (Å²) in [5.74, 6) is -2.62. The fourth-order valence-corrected chi connectivity index (χ4v) is 2.92. The summed E-state index contributed by atoms with van der Waals surface area (Å²) in [5.41, 5.74) is -0.975. The van der Waals surface area contributed by atoms with Crippen molar-refractivity contribution in [2.45, 2.75) is 13.5 Å². The van der Waals surface area contributed by atoms with Crippen LogP contribution in [0.2, 0.25) is 10.0 Å². The Kier molecular flexibility index (Phi) is 4.53. The second-order valence-electron chi connectivity index (χ2n) is 5.16. The number of phenols is 1. The molecule has 5 nitrogen and oxygen atoms in total. The Morgan fingerprint density at radius 1 is 1.20 bits per heavy atom. The summed E-state index contributed by atoms with van der Waals surface area (Å²) >= 11 is 11.9. The Hall–Kier alpha value is -2.38. The number of benzene rings is 1. The molecule has 0 radical (unpaired) electrons. The Bertz CT molecular complexity index is 1010. The van der Waals surface area contributed by atoms with Gasteiger partial charge in [0.15, 0.2) is 0 Å². The standard InChI is InChI=1S/C16H11Cl2F2N3O2/c1-2-22-15(14-11(19)3-9(24)4-12(14)20)13(5-10(18)16(22)25)23-7-8(17)6-21-23/h3-7,24H,2H2,1H3. The maximum atomic E-state index is 14.4. The minimum Gasteiger partial charge on any atom is -0.508 e. The summed E-state index contributed by atoms with van der Waals surface area (Å²) in [6, 6.07) is 2.79. The van der Waals surface area contributed by atoms with Gasteiger partial charge in [0.2, 0.25) is 0 Å². The van der Waals surface area contributed by atoms with E-state index in [1.807, 2.05) is 0 Å². The predicted molar refractivity (Wildman–Crippen MR) is 90.5 cm³/mol. The Balaban J connectivity index is 2.47. The van der Waals surface area contributed by atoms with Gasteiger partial charge in [-0.2, -0.15) is 5.10 Å². The van der Waals surface area contributed by atoms with E-state index in [4.69, 9.17) is 23.2 Å². The number of pyridine rings is 1. The van der Waals surface area contributed by atoms with Crippen LogP contribution in [0, 0.1) is 11.6 Å². The molecule has 0 aliphatic rings. The van der Waals surface area contributed by atoms with Crippen LogP contribution in [0.1, 0.15) is 6.92 Å². The van der Waals surface area contributed by atoms with E-state index in [2.05, 4.69) is 5.10 Å². The molecule has 2 heterocycles. The lowest BCUT2D eigenvalue weighted by Crippen LogP contribution is -2.24. The molecule has 0 saturated heterocycles. The van der Waals surface area contributed by atoms with Crippen LogP contribution in [-0.2, 0) is 6.54 Å². The molecule has 0 atom stereocenters. The molecule has 0 aliphatic heterocycles. The van der Waals surface area contributed by atoms with E-state index in [0.717, 1.165) is 16.7 Å². The second kappa shape index (κ2) is 6.50. The molecule has 0 amide bonds. The molecule has 2 aromatic heterocycles. The number of aromatic nitrogens is 3. The zero-order valence-electron chi connectivity index (χ0n) is 12.8. The molecule has 0 saturated carbocycles. The Morgan fingerprint density at radius 3 is 2.36 bits per heavy atom. The van der Waals surface area contributed by atoms with E-state index in [1.54, 1.807) is 6.92 Å². The molecule has 3 aromatic rings. The maximum Gasteiger partial charge on any atom is 0.269 e. The quantitative estimate of drug-likeness (QED) is 0.740. The zero-order chi connectivity index (χ0) is 18.3. The highest BCUT2D eigenvalue weighted by molar-refractivity contribution is 6.31. The lowest BCUT2D eigenvalue weighted by molar-refractivity contribution is 0.461. The lowest BCUT2D eigenvalue weighted by Gasteiger charge is -2.18. The monoisotopic (exact) mass is 385 g/mol. The largest absolute Gasteiger partial charge is 0.508 e. The molecule has 0 fully saturated rings. The molecule has 0 aliphatic carbocycles.